The average molecular weight is 447 g/mol. The van der Waals surface area contributed by atoms with Gasteiger partial charge in [-0.1, -0.05) is 60.8 Å². The first-order chi connectivity index (χ1) is 14.2. The normalized spacial score (nSPS) is 44.3. The Morgan fingerprint density at radius 3 is 2.60 bits per heavy atom. The minimum absolute atomic E-state index is 0.0677. The van der Waals surface area contributed by atoms with Gasteiger partial charge >= 0.3 is 0 Å². The summed E-state index contributed by atoms with van der Waals surface area (Å²) in [6, 6.07) is 5.58. The van der Waals surface area contributed by atoms with Gasteiger partial charge in [0.2, 0.25) is 0 Å². The first kappa shape index (κ1) is 21.1. The average Bonchev–Trinajstić information content (AvgIpc) is 2.95. The molecule has 0 bridgehead atoms. The molecule has 3 saturated carbocycles. The van der Waals surface area contributed by atoms with E-state index in [1.54, 1.807) is 6.07 Å². The third-order valence-corrected chi connectivity index (χ3v) is 9.81. The molecule has 2 nitrogen and oxygen atoms in total. The van der Waals surface area contributed by atoms with Crippen LogP contribution in [0.2, 0.25) is 10.0 Å². The zero-order chi connectivity index (χ0) is 21.3. The largest absolute Gasteiger partial charge is 0.393 e. The quantitative estimate of drug-likeness (QED) is 0.472. The lowest BCUT2D eigenvalue weighted by molar-refractivity contribution is -0.0685. The molecule has 4 aliphatic rings. The highest BCUT2D eigenvalue weighted by molar-refractivity contribution is 6.35. The Morgan fingerprint density at radius 1 is 1.03 bits per heavy atom. The highest BCUT2D eigenvalue weighted by Gasteiger charge is 2.59. The van der Waals surface area contributed by atoms with E-state index >= 15 is 0 Å². The predicted octanol–water partition coefficient (Wildman–Crippen LogP) is 6.67. The Morgan fingerprint density at radius 2 is 1.83 bits per heavy atom. The minimum atomic E-state index is -0.415. The van der Waals surface area contributed by atoms with E-state index in [0.29, 0.717) is 27.8 Å². The summed E-state index contributed by atoms with van der Waals surface area (Å²) in [6.45, 7) is 4.74. The molecule has 5 rings (SSSR count). The van der Waals surface area contributed by atoms with Crippen molar-refractivity contribution in [3.63, 3.8) is 0 Å². The number of benzene rings is 1. The van der Waals surface area contributed by atoms with Gasteiger partial charge in [0, 0.05) is 15.5 Å². The molecule has 162 valence electrons. The van der Waals surface area contributed by atoms with Crippen LogP contribution in [0.4, 0.5) is 0 Å². The number of aliphatic hydroxyl groups is 2. The lowest BCUT2D eigenvalue weighted by Crippen LogP contribution is -2.51. The second-order valence-corrected chi connectivity index (χ2v) is 11.5. The van der Waals surface area contributed by atoms with Gasteiger partial charge in [-0.2, -0.15) is 0 Å². The van der Waals surface area contributed by atoms with Gasteiger partial charge in [-0.15, -0.1) is 0 Å². The van der Waals surface area contributed by atoms with Crippen molar-refractivity contribution in [3.05, 3.63) is 51.0 Å². The van der Waals surface area contributed by atoms with Crippen molar-refractivity contribution in [2.24, 2.45) is 28.6 Å². The van der Waals surface area contributed by atoms with Crippen LogP contribution in [0.3, 0.4) is 0 Å². The van der Waals surface area contributed by atoms with Crippen molar-refractivity contribution in [3.8, 4) is 0 Å². The summed E-state index contributed by atoms with van der Waals surface area (Å²) >= 11 is 12.5. The van der Waals surface area contributed by atoms with Crippen LogP contribution in [0.5, 0.6) is 0 Å². The van der Waals surface area contributed by atoms with E-state index in [0.717, 1.165) is 49.7 Å². The number of aliphatic hydroxyl groups excluding tert-OH is 2. The molecule has 1 aromatic rings. The Hall–Kier alpha value is -0.800. The monoisotopic (exact) mass is 446 g/mol. The standard InChI is InChI=1S/C26H32Cl2O2/c1-25-9-7-19(29)13-17(25)4-6-20-21(25)8-10-26(2)22(20)12-16(24(26)30)11-15-3-5-18(27)14-23(15)28/h3-5,11,14,19-22,24,29-30H,6-10,12-13H2,1-2H3. The Labute approximate surface area is 190 Å². The van der Waals surface area contributed by atoms with Crippen LogP contribution in [0.25, 0.3) is 6.08 Å². The molecular formula is C26H32Cl2O2. The summed E-state index contributed by atoms with van der Waals surface area (Å²) in [7, 11) is 0. The lowest BCUT2D eigenvalue weighted by Gasteiger charge is -2.57. The number of hydrogen-bond acceptors (Lipinski definition) is 2. The minimum Gasteiger partial charge on any atom is -0.393 e. The number of hydrogen-bond donors (Lipinski definition) is 2. The van der Waals surface area contributed by atoms with Crippen molar-refractivity contribution in [2.75, 3.05) is 0 Å². The van der Waals surface area contributed by atoms with Crippen LogP contribution >= 0.6 is 23.2 Å². The number of halogens is 2. The molecule has 4 aliphatic carbocycles. The van der Waals surface area contributed by atoms with Gasteiger partial charge in [0.15, 0.2) is 0 Å². The fourth-order valence-corrected chi connectivity index (χ4v) is 7.92. The summed E-state index contributed by atoms with van der Waals surface area (Å²) in [5.41, 5.74) is 3.70. The molecule has 0 amide bonds. The fraction of sp³-hybridized carbons (Fsp3) is 0.615. The summed E-state index contributed by atoms with van der Waals surface area (Å²) in [4.78, 5) is 0. The smallest absolute Gasteiger partial charge is 0.0809 e. The Kier molecular flexibility index (Phi) is 5.18. The number of allylic oxidation sites excluding steroid dienone is 1. The van der Waals surface area contributed by atoms with E-state index in [-0.39, 0.29) is 16.9 Å². The second-order valence-electron chi connectivity index (χ2n) is 10.7. The molecule has 7 atom stereocenters. The van der Waals surface area contributed by atoms with Crippen molar-refractivity contribution >= 4 is 29.3 Å². The van der Waals surface area contributed by atoms with Gasteiger partial charge in [0.05, 0.1) is 12.2 Å². The van der Waals surface area contributed by atoms with E-state index in [9.17, 15) is 10.2 Å². The molecule has 0 saturated heterocycles. The molecule has 0 spiro atoms. The maximum Gasteiger partial charge on any atom is 0.0809 e. The van der Waals surface area contributed by atoms with Crippen LogP contribution in [0, 0.1) is 28.6 Å². The Bertz CT molecular complexity index is 922. The highest BCUT2D eigenvalue weighted by atomic mass is 35.5. The molecule has 1 aromatic carbocycles. The molecule has 0 radical (unpaired) electrons. The van der Waals surface area contributed by atoms with Crippen molar-refractivity contribution in [2.45, 2.75) is 71.0 Å². The highest BCUT2D eigenvalue weighted by Crippen LogP contribution is 2.65. The van der Waals surface area contributed by atoms with Crippen molar-refractivity contribution in [1.82, 2.24) is 0 Å². The Balaban J connectivity index is 1.48. The number of rotatable bonds is 1. The van der Waals surface area contributed by atoms with E-state index in [2.05, 4.69) is 26.0 Å². The van der Waals surface area contributed by atoms with E-state index in [1.807, 2.05) is 12.1 Å². The molecule has 7 unspecified atom stereocenters. The summed E-state index contributed by atoms with van der Waals surface area (Å²) < 4.78 is 0. The van der Waals surface area contributed by atoms with Gasteiger partial charge in [-0.25, -0.2) is 0 Å². The molecule has 4 heteroatoms. The fourth-order valence-electron chi connectivity index (χ4n) is 7.46. The predicted molar refractivity (Wildman–Crippen MR) is 124 cm³/mol. The van der Waals surface area contributed by atoms with Crippen LogP contribution in [-0.4, -0.2) is 22.4 Å². The first-order valence-corrected chi connectivity index (χ1v) is 12.2. The van der Waals surface area contributed by atoms with E-state index in [1.165, 1.54) is 12.0 Å². The molecule has 0 heterocycles. The number of fused-ring (bicyclic) bond motifs is 5. The van der Waals surface area contributed by atoms with Crippen LogP contribution in [0.15, 0.2) is 35.4 Å². The SMILES string of the molecule is CC12CCC(O)CC1=CCC1C2CCC2(C)C(O)C(=Cc3ccc(Cl)cc3Cl)CC12. The maximum absolute atomic E-state index is 11.4. The summed E-state index contributed by atoms with van der Waals surface area (Å²) in [5.74, 6) is 1.76. The third kappa shape index (κ3) is 3.13. The zero-order valence-electron chi connectivity index (χ0n) is 17.9. The van der Waals surface area contributed by atoms with E-state index in [4.69, 9.17) is 23.2 Å². The summed E-state index contributed by atoms with van der Waals surface area (Å²) in [5, 5.41) is 22.9. The van der Waals surface area contributed by atoms with Crippen LogP contribution in [-0.2, 0) is 0 Å². The molecule has 3 fully saturated rings. The van der Waals surface area contributed by atoms with Gasteiger partial charge in [0.25, 0.3) is 0 Å². The lowest BCUT2D eigenvalue weighted by atomic mass is 9.48. The van der Waals surface area contributed by atoms with Crippen LogP contribution in [0.1, 0.15) is 64.4 Å². The maximum atomic E-state index is 11.4. The first-order valence-electron chi connectivity index (χ1n) is 11.4. The van der Waals surface area contributed by atoms with Crippen molar-refractivity contribution < 1.29 is 10.2 Å². The van der Waals surface area contributed by atoms with Gasteiger partial charge in [-0.05, 0) is 91.4 Å². The zero-order valence-corrected chi connectivity index (χ0v) is 19.4. The topological polar surface area (TPSA) is 40.5 Å². The van der Waals surface area contributed by atoms with Gasteiger partial charge < -0.3 is 10.2 Å². The molecule has 30 heavy (non-hydrogen) atoms. The summed E-state index contributed by atoms with van der Waals surface area (Å²) in [6.07, 6.45) is 11.1. The third-order valence-electron chi connectivity index (χ3n) is 9.25. The molecular weight excluding hydrogens is 415 g/mol. The molecule has 2 N–H and O–H groups in total. The molecule has 0 aliphatic heterocycles. The second kappa shape index (κ2) is 7.37. The van der Waals surface area contributed by atoms with Crippen molar-refractivity contribution in [1.29, 1.82) is 0 Å². The van der Waals surface area contributed by atoms with Gasteiger partial charge in [-0.3, -0.25) is 0 Å². The van der Waals surface area contributed by atoms with Crippen LogP contribution < -0.4 is 0 Å². The van der Waals surface area contributed by atoms with Gasteiger partial charge in [0.1, 0.15) is 0 Å². The van der Waals surface area contributed by atoms with E-state index < -0.39 is 6.10 Å². The molecule has 0 aromatic heterocycles.